The molecule has 0 unspecified atom stereocenters. The first kappa shape index (κ1) is 18.4. The van der Waals surface area contributed by atoms with E-state index in [9.17, 15) is 13.2 Å². The number of aryl methyl sites for hydroxylation is 1. The van der Waals surface area contributed by atoms with Crippen molar-refractivity contribution in [3.05, 3.63) is 17.0 Å². The van der Waals surface area contributed by atoms with E-state index in [1.807, 2.05) is 17.9 Å². The van der Waals surface area contributed by atoms with Crippen LogP contribution in [0.3, 0.4) is 0 Å². The number of nitrogens with zero attached hydrogens (tertiary/aromatic N) is 2. The van der Waals surface area contributed by atoms with Gasteiger partial charge in [0.25, 0.3) is 10.0 Å². The van der Waals surface area contributed by atoms with Gasteiger partial charge in [-0.3, -0.25) is 4.79 Å². The summed E-state index contributed by atoms with van der Waals surface area (Å²) in [6.45, 7) is 6.11. The van der Waals surface area contributed by atoms with Crippen LogP contribution >= 0.6 is 11.3 Å². The number of amides is 1. The molecule has 130 valence electrons. The molecule has 0 atom stereocenters. The van der Waals surface area contributed by atoms with Crippen LogP contribution < -0.4 is 0 Å². The fourth-order valence-electron chi connectivity index (χ4n) is 2.68. The molecule has 1 saturated heterocycles. The van der Waals surface area contributed by atoms with Crippen LogP contribution in [-0.4, -0.2) is 49.7 Å². The first-order valence-electron chi connectivity index (χ1n) is 8.35. The van der Waals surface area contributed by atoms with E-state index in [0.29, 0.717) is 43.2 Å². The van der Waals surface area contributed by atoms with E-state index in [0.717, 1.165) is 24.1 Å². The summed E-state index contributed by atoms with van der Waals surface area (Å²) in [6, 6.07) is 3.59. The lowest BCUT2D eigenvalue weighted by Crippen LogP contribution is -2.37. The maximum atomic E-state index is 12.8. The van der Waals surface area contributed by atoms with Crippen molar-refractivity contribution >= 4 is 27.3 Å². The summed E-state index contributed by atoms with van der Waals surface area (Å²) in [5.41, 5.74) is 0. The summed E-state index contributed by atoms with van der Waals surface area (Å²) in [4.78, 5) is 15.0. The lowest BCUT2D eigenvalue weighted by Gasteiger charge is -2.21. The zero-order chi connectivity index (χ0) is 16.9. The van der Waals surface area contributed by atoms with Crippen LogP contribution in [0, 0.1) is 0 Å². The molecule has 0 aliphatic carbocycles. The van der Waals surface area contributed by atoms with Gasteiger partial charge in [-0.05, 0) is 31.4 Å². The normalized spacial score (nSPS) is 17.2. The smallest absolute Gasteiger partial charge is 0.252 e. The third kappa shape index (κ3) is 4.55. The molecule has 1 fully saturated rings. The van der Waals surface area contributed by atoms with Crippen molar-refractivity contribution in [3.8, 4) is 0 Å². The second kappa shape index (κ2) is 8.26. The summed E-state index contributed by atoms with van der Waals surface area (Å²) in [7, 11) is -3.43. The highest BCUT2D eigenvalue weighted by Crippen LogP contribution is 2.26. The van der Waals surface area contributed by atoms with E-state index >= 15 is 0 Å². The SMILES string of the molecule is CCCCC(=O)N1CCCN(S(=O)(=O)c2ccc(CC)s2)CC1. The summed E-state index contributed by atoms with van der Waals surface area (Å²) < 4.78 is 27.5. The maximum absolute atomic E-state index is 12.8. The highest BCUT2D eigenvalue weighted by atomic mass is 32.2. The zero-order valence-electron chi connectivity index (χ0n) is 14.0. The lowest BCUT2D eigenvalue weighted by molar-refractivity contribution is -0.131. The molecule has 1 amide bonds. The van der Waals surface area contributed by atoms with Crippen molar-refractivity contribution in [3.63, 3.8) is 0 Å². The number of carbonyl (C=O) groups is 1. The molecule has 7 heteroatoms. The van der Waals surface area contributed by atoms with Crippen molar-refractivity contribution in [1.82, 2.24) is 9.21 Å². The number of unbranched alkanes of at least 4 members (excludes halogenated alkanes) is 1. The minimum Gasteiger partial charge on any atom is -0.341 e. The Hall–Kier alpha value is -0.920. The van der Waals surface area contributed by atoms with Gasteiger partial charge in [0.1, 0.15) is 4.21 Å². The van der Waals surface area contributed by atoms with Gasteiger partial charge in [0.15, 0.2) is 0 Å². The molecule has 2 rings (SSSR count). The van der Waals surface area contributed by atoms with Gasteiger partial charge in [-0.15, -0.1) is 11.3 Å². The number of sulfonamides is 1. The predicted octanol–water partition coefficient (Wildman–Crippen LogP) is 2.72. The Morgan fingerprint density at radius 3 is 2.61 bits per heavy atom. The summed E-state index contributed by atoms with van der Waals surface area (Å²) in [5.74, 6) is 0.149. The van der Waals surface area contributed by atoms with Crippen LogP contribution in [-0.2, 0) is 21.2 Å². The molecule has 0 spiro atoms. The Kier molecular flexibility index (Phi) is 6.61. The van der Waals surface area contributed by atoms with E-state index in [-0.39, 0.29) is 5.91 Å². The number of thiophene rings is 1. The molecule has 23 heavy (non-hydrogen) atoms. The standard InChI is InChI=1S/C16H26N2O3S2/c1-3-5-7-15(19)17-10-6-11-18(13-12-17)23(20,21)16-9-8-14(4-2)22-16/h8-9H,3-7,10-13H2,1-2H3. The molecule has 5 nitrogen and oxygen atoms in total. The Labute approximate surface area is 143 Å². The molecular weight excluding hydrogens is 332 g/mol. The summed E-state index contributed by atoms with van der Waals surface area (Å²) >= 11 is 1.35. The quantitative estimate of drug-likeness (QED) is 0.786. The third-order valence-corrected chi connectivity index (χ3v) is 7.73. The van der Waals surface area contributed by atoms with Gasteiger partial charge >= 0.3 is 0 Å². The van der Waals surface area contributed by atoms with Gasteiger partial charge in [-0.25, -0.2) is 8.42 Å². The van der Waals surface area contributed by atoms with Crippen LogP contribution in [0.15, 0.2) is 16.3 Å². The molecule has 0 N–H and O–H groups in total. The van der Waals surface area contributed by atoms with Crippen LogP contribution in [0.1, 0.15) is 44.4 Å². The Balaban J connectivity index is 2.03. The number of rotatable bonds is 6. The van der Waals surface area contributed by atoms with Crippen LogP contribution in [0.4, 0.5) is 0 Å². The molecule has 1 aliphatic heterocycles. The molecule has 0 aromatic carbocycles. The van der Waals surface area contributed by atoms with Gasteiger partial charge in [-0.2, -0.15) is 4.31 Å². The van der Waals surface area contributed by atoms with Gasteiger partial charge in [0.2, 0.25) is 5.91 Å². The molecule has 0 radical (unpaired) electrons. The number of hydrogen-bond donors (Lipinski definition) is 0. The largest absolute Gasteiger partial charge is 0.341 e. The van der Waals surface area contributed by atoms with Crippen molar-refractivity contribution in [2.24, 2.45) is 0 Å². The fraction of sp³-hybridized carbons (Fsp3) is 0.688. The van der Waals surface area contributed by atoms with Gasteiger partial charge in [0.05, 0.1) is 0 Å². The van der Waals surface area contributed by atoms with Crippen LogP contribution in [0.5, 0.6) is 0 Å². The van der Waals surface area contributed by atoms with Crippen molar-refractivity contribution in [1.29, 1.82) is 0 Å². The zero-order valence-corrected chi connectivity index (χ0v) is 15.6. The van der Waals surface area contributed by atoms with E-state index in [2.05, 4.69) is 6.92 Å². The monoisotopic (exact) mass is 358 g/mol. The highest BCUT2D eigenvalue weighted by molar-refractivity contribution is 7.91. The van der Waals surface area contributed by atoms with Gasteiger partial charge in [0, 0.05) is 37.5 Å². The molecule has 1 aromatic rings. The molecule has 0 saturated carbocycles. The van der Waals surface area contributed by atoms with Gasteiger partial charge < -0.3 is 4.90 Å². The van der Waals surface area contributed by atoms with E-state index in [1.165, 1.54) is 15.6 Å². The molecule has 2 heterocycles. The molecule has 1 aromatic heterocycles. The topological polar surface area (TPSA) is 57.7 Å². The molecule has 1 aliphatic rings. The minimum atomic E-state index is -3.43. The Bertz CT molecular complexity index is 625. The highest BCUT2D eigenvalue weighted by Gasteiger charge is 2.29. The second-order valence-electron chi connectivity index (χ2n) is 5.82. The third-order valence-electron chi connectivity index (χ3n) is 4.13. The van der Waals surface area contributed by atoms with E-state index in [4.69, 9.17) is 0 Å². The summed E-state index contributed by atoms with van der Waals surface area (Å²) in [5, 5.41) is 0. The summed E-state index contributed by atoms with van der Waals surface area (Å²) in [6.07, 6.45) is 4.00. The van der Waals surface area contributed by atoms with Crippen molar-refractivity contribution in [2.75, 3.05) is 26.2 Å². The first-order chi connectivity index (χ1) is 11.0. The average Bonchev–Trinajstić information content (AvgIpc) is 2.89. The maximum Gasteiger partial charge on any atom is 0.252 e. The minimum absolute atomic E-state index is 0.149. The van der Waals surface area contributed by atoms with E-state index < -0.39 is 10.0 Å². The Morgan fingerprint density at radius 2 is 1.96 bits per heavy atom. The first-order valence-corrected chi connectivity index (χ1v) is 10.6. The number of hydrogen-bond acceptors (Lipinski definition) is 4. The average molecular weight is 359 g/mol. The lowest BCUT2D eigenvalue weighted by atomic mass is 10.2. The van der Waals surface area contributed by atoms with Gasteiger partial charge in [-0.1, -0.05) is 20.3 Å². The van der Waals surface area contributed by atoms with E-state index in [1.54, 1.807) is 6.07 Å². The fourth-order valence-corrected chi connectivity index (χ4v) is 5.60. The number of carbonyl (C=O) groups excluding carboxylic acids is 1. The predicted molar refractivity (Wildman–Crippen MR) is 93.2 cm³/mol. The van der Waals surface area contributed by atoms with Crippen molar-refractivity contribution in [2.45, 2.75) is 50.2 Å². The van der Waals surface area contributed by atoms with Crippen LogP contribution in [0.25, 0.3) is 0 Å². The van der Waals surface area contributed by atoms with Crippen LogP contribution in [0.2, 0.25) is 0 Å². The Morgan fingerprint density at radius 1 is 1.17 bits per heavy atom. The molecule has 0 bridgehead atoms. The second-order valence-corrected chi connectivity index (χ2v) is 9.15. The van der Waals surface area contributed by atoms with Crippen molar-refractivity contribution < 1.29 is 13.2 Å². The molecular formula is C16H26N2O3S2.